The number of hydrogen-bond donors (Lipinski definition) is 0. The Morgan fingerprint density at radius 2 is 1.60 bits per heavy atom. The Kier molecular flexibility index (Phi) is 4.53. The smallest absolute Gasteiger partial charge is 0.183 e. The number of ketones is 1. The third kappa shape index (κ3) is 2.62. The number of halogens is 2. The average Bonchev–Trinajstić information content (AvgIpc) is 2.89. The molecule has 4 heteroatoms. The first kappa shape index (κ1) is 15.1. The van der Waals surface area contributed by atoms with Gasteiger partial charge in [0.05, 0.1) is 5.54 Å². The number of Topliss-reactive ketones (excluding diaryl/α,β-unsaturated/α-hetero) is 1. The average molecular weight is 281 g/mol. The van der Waals surface area contributed by atoms with E-state index >= 15 is 0 Å². The summed E-state index contributed by atoms with van der Waals surface area (Å²) in [5.74, 6) is -1.53. The summed E-state index contributed by atoms with van der Waals surface area (Å²) < 4.78 is 26.7. The predicted octanol–water partition coefficient (Wildman–Crippen LogP) is 3.80. The lowest BCUT2D eigenvalue weighted by atomic mass is 9.85. The Balaban J connectivity index is 2.41. The lowest BCUT2D eigenvalue weighted by molar-refractivity contribution is 0.0583. The molecule has 2 nitrogen and oxygen atoms in total. The van der Waals surface area contributed by atoms with E-state index in [2.05, 4.69) is 4.90 Å². The molecule has 0 unspecified atom stereocenters. The topological polar surface area (TPSA) is 20.3 Å². The molecule has 0 aliphatic heterocycles. The molecular formula is C16H21F2NO. The maximum absolute atomic E-state index is 13.4. The van der Waals surface area contributed by atoms with E-state index in [1.54, 1.807) is 0 Å². The van der Waals surface area contributed by atoms with E-state index in [9.17, 15) is 13.6 Å². The van der Waals surface area contributed by atoms with Gasteiger partial charge in [0, 0.05) is 11.6 Å². The van der Waals surface area contributed by atoms with Crippen LogP contribution in [0.2, 0.25) is 0 Å². The van der Waals surface area contributed by atoms with Gasteiger partial charge in [0.15, 0.2) is 5.78 Å². The van der Waals surface area contributed by atoms with Crippen molar-refractivity contribution < 1.29 is 13.6 Å². The van der Waals surface area contributed by atoms with Crippen LogP contribution in [0.1, 0.15) is 49.9 Å². The van der Waals surface area contributed by atoms with E-state index in [0.29, 0.717) is 0 Å². The molecule has 110 valence electrons. The number of carbonyl (C=O) groups excluding carboxylic acids is 1. The Bertz CT molecular complexity index is 471. The third-order valence-corrected chi connectivity index (χ3v) is 4.35. The van der Waals surface area contributed by atoms with Gasteiger partial charge >= 0.3 is 0 Å². The third-order valence-electron chi connectivity index (χ3n) is 4.35. The number of benzene rings is 1. The molecule has 1 aromatic carbocycles. The highest BCUT2D eigenvalue weighted by Crippen LogP contribution is 2.38. The molecule has 0 saturated heterocycles. The second kappa shape index (κ2) is 6.00. The molecule has 1 aliphatic rings. The Morgan fingerprint density at radius 1 is 1.10 bits per heavy atom. The summed E-state index contributed by atoms with van der Waals surface area (Å²) in [6.07, 6.45) is 3.51. The zero-order chi connectivity index (χ0) is 14.8. The van der Waals surface area contributed by atoms with Crippen LogP contribution in [0.3, 0.4) is 0 Å². The summed E-state index contributed by atoms with van der Waals surface area (Å²) in [5, 5.41) is 0. The van der Waals surface area contributed by atoms with Crippen LogP contribution in [0.25, 0.3) is 0 Å². The van der Waals surface area contributed by atoms with Gasteiger partial charge in [-0.05, 0) is 38.1 Å². The van der Waals surface area contributed by atoms with Gasteiger partial charge in [-0.3, -0.25) is 9.69 Å². The maximum atomic E-state index is 13.4. The van der Waals surface area contributed by atoms with Crippen molar-refractivity contribution in [2.45, 2.75) is 45.1 Å². The lowest BCUT2D eigenvalue weighted by Gasteiger charge is -2.39. The van der Waals surface area contributed by atoms with Crippen LogP contribution in [0.15, 0.2) is 18.2 Å². The Morgan fingerprint density at radius 3 is 2.05 bits per heavy atom. The highest BCUT2D eigenvalue weighted by atomic mass is 19.1. The van der Waals surface area contributed by atoms with E-state index in [4.69, 9.17) is 0 Å². The molecule has 0 atom stereocenters. The highest BCUT2D eigenvalue weighted by Gasteiger charge is 2.45. The van der Waals surface area contributed by atoms with Crippen molar-refractivity contribution in [3.63, 3.8) is 0 Å². The summed E-state index contributed by atoms with van der Waals surface area (Å²) in [6, 6.07) is 3.10. The van der Waals surface area contributed by atoms with Gasteiger partial charge < -0.3 is 0 Å². The van der Waals surface area contributed by atoms with Crippen molar-refractivity contribution in [1.29, 1.82) is 0 Å². The standard InChI is InChI=1S/C16H21F2NO/c1-3-19(4-2)16(7-5-6-8-16)15(20)12-9-13(17)11-14(18)10-12/h9-11H,3-8H2,1-2H3. The van der Waals surface area contributed by atoms with E-state index in [-0.39, 0.29) is 11.3 Å². The number of nitrogens with zero attached hydrogens (tertiary/aromatic N) is 1. The van der Waals surface area contributed by atoms with Gasteiger partial charge in [-0.2, -0.15) is 0 Å². The molecule has 0 heterocycles. The maximum Gasteiger partial charge on any atom is 0.183 e. The van der Waals surface area contributed by atoms with E-state index in [0.717, 1.165) is 57.0 Å². The van der Waals surface area contributed by atoms with Gasteiger partial charge in [-0.15, -0.1) is 0 Å². The zero-order valence-electron chi connectivity index (χ0n) is 12.1. The quantitative estimate of drug-likeness (QED) is 0.765. The molecule has 1 aliphatic carbocycles. The van der Waals surface area contributed by atoms with Crippen molar-refractivity contribution in [1.82, 2.24) is 4.90 Å². The second-order valence-corrected chi connectivity index (χ2v) is 5.40. The first-order valence-corrected chi connectivity index (χ1v) is 7.29. The minimum Gasteiger partial charge on any atom is -0.292 e. The van der Waals surface area contributed by atoms with Gasteiger partial charge in [0.25, 0.3) is 0 Å². The fraction of sp³-hybridized carbons (Fsp3) is 0.562. The van der Waals surface area contributed by atoms with Crippen molar-refractivity contribution >= 4 is 5.78 Å². The van der Waals surface area contributed by atoms with Crippen molar-refractivity contribution in [3.05, 3.63) is 35.4 Å². The normalized spacial score (nSPS) is 17.6. The van der Waals surface area contributed by atoms with E-state index < -0.39 is 17.2 Å². The molecule has 1 saturated carbocycles. The van der Waals surface area contributed by atoms with Crippen LogP contribution in [0, 0.1) is 11.6 Å². The van der Waals surface area contributed by atoms with Crippen molar-refractivity contribution in [2.24, 2.45) is 0 Å². The number of hydrogen-bond acceptors (Lipinski definition) is 2. The van der Waals surface area contributed by atoms with Gasteiger partial charge in [0.1, 0.15) is 11.6 Å². The van der Waals surface area contributed by atoms with Crippen molar-refractivity contribution in [3.8, 4) is 0 Å². The van der Waals surface area contributed by atoms with Gasteiger partial charge in [-0.25, -0.2) is 8.78 Å². The van der Waals surface area contributed by atoms with Crippen LogP contribution in [0.5, 0.6) is 0 Å². The molecule has 1 fully saturated rings. The molecule has 2 rings (SSSR count). The monoisotopic (exact) mass is 281 g/mol. The van der Waals surface area contributed by atoms with Crippen LogP contribution >= 0.6 is 0 Å². The first-order chi connectivity index (χ1) is 9.53. The summed E-state index contributed by atoms with van der Waals surface area (Å²) >= 11 is 0. The molecule has 0 radical (unpaired) electrons. The number of carbonyl (C=O) groups is 1. The zero-order valence-corrected chi connectivity index (χ0v) is 12.1. The Labute approximate surface area is 118 Å². The van der Waals surface area contributed by atoms with Crippen molar-refractivity contribution in [2.75, 3.05) is 13.1 Å². The van der Waals surface area contributed by atoms with E-state index in [1.807, 2.05) is 13.8 Å². The van der Waals surface area contributed by atoms with Crippen LogP contribution < -0.4 is 0 Å². The summed E-state index contributed by atoms with van der Waals surface area (Å²) in [7, 11) is 0. The molecule has 0 N–H and O–H groups in total. The minimum absolute atomic E-state index is 0.142. The SMILES string of the molecule is CCN(CC)C1(C(=O)c2cc(F)cc(F)c2)CCCC1. The molecule has 0 amide bonds. The molecule has 1 aromatic rings. The second-order valence-electron chi connectivity index (χ2n) is 5.40. The minimum atomic E-state index is -0.693. The largest absolute Gasteiger partial charge is 0.292 e. The highest BCUT2D eigenvalue weighted by molar-refractivity contribution is 6.03. The molecule has 0 spiro atoms. The fourth-order valence-electron chi connectivity index (χ4n) is 3.43. The van der Waals surface area contributed by atoms with Crippen LogP contribution in [0.4, 0.5) is 8.78 Å². The summed E-state index contributed by atoms with van der Waals surface area (Å²) in [5.41, 5.74) is -0.430. The fourth-order valence-corrected chi connectivity index (χ4v) is 3.43. The molecular weight excluding hydrogens is 260 g/mol. The summed E-state index contributed by atoms with van der Waals surface area (Å²) in [6.45, 7) is 5.56. The number of rotatable bonds is 5. The van der Waals surface area contributed by atoms with E-state index in [1.165, 1.54) is 0 Å². The first-order valence-electron chi connectivity index (χ1n) is 7.29. The van der Waals surface area contributed by atoms with Gasteiger partial charge in [-0.1, -0.05) is 26.7 Å². The van der Waals surface area contributed by atoms with Gasteiger partial charge in [0.2, 0.25) is 0 Å². The van der Waals surface area contributed by atoms with Crippen LogP contribution in [-0.4, -0.2) is 29.3 Å². The molecule has 0 aromatic heterocycles. The predicted molar refractivity (Wildman–Crippen MR) is 74.8 cm³/mol. The lowest BCUT2D eigenvalue weighted by Crippen LogP contribution is -2.52. The Hall–Kier alpha value is -1.29. The number of likely N-dealkylation sites (N-methyl/N-ethyl adjacent to an activating group) is 1. The summed E-state index contributed by atoms with van der Waals surface area (Å²) in [4.78, 5) is 15.0. The van der Waals surface area contributed by atoms with Crippen LogP contribution in [-0.2, 0) is 0 Å². The molecule has 0 bridgehead atoms. The molecule has 20 heavy (non-hydrogen) atoms.